The third-order valence-corrected chi connectivity index (χ3v) is 4.25. The van der Waals surface area contributed by atoms with Crippen molar-refractivity contribution in [2.24, 2.45) is 0 Å². The topological polar surface area (TPSA) is 99.9 Å². The van der Waals surface area contributed by atoms with Crippen molar-refractivity contribution in [3.63, 3.8) is 0 Å². The lowest BCUT2D eigenvalue weighted by atomic mass is 10.1. The molecule has 1 saturated heterocycles. The Bertz CT molecular complexity index is 834. The van der Waals surface area contributed by atoms with E-state index in [4.69, 9.17) is 9.52 Å². The van der Waals surface area contributed by atoms with Gasteiger partial charge in [-0.15, -0.1) is 0 Å². The molecule has 0 radical (unpaired) electrons. The second kappa shape index (κ2) is 6.80. The minimum atomic E-state index is -1.24. The number of anilines is 1. The summed E-state index contributed by atoms with van der Waals surface area (Å²) in [5, 5.41) is 11.5. The molecule has 2 aromatic rings. The average molecular weight is 342 g/mol. The SMILES string of the molecule is Cc1c(NC(=O)c2ccc(C(=O)O)o2)cccc1C(=O)N1CCCC1. The number of furan rings is 1. The number of hydrogen-bond acceptors (Lipinski definition) is 4. The lowest BCUT2D eigenvalue weighted by Gasteiger charge is -2.18. The maximum Gasteiger partial charge on any atom is 0.371 e. The zero-order valence-corrected chi connectivity index (χ0v) is 13.7. The highest BCUT2D eigenvalue weighted by molar-refractivity contribution is 6.05. The van der Waals surface area contributed by atoms with Crippen molar-refractivity contribution in [3.05, 3.63) is 53.0 Å². The number of amides is 2. The third kappa shape index (κ3) is 3.40. The van der Waals surface area contributed by atoms with Gasteiger partial charge in [-0.3, -0.25) is 9.59 Å². The molecule has 2 heterocycles. The lowest BCUT2D eigenvalue weighted by molar-refractivity contribution is 0.0659. The van der Waals surface area contributed by atoms with Crippen molar-refractivity contribution in [2.75, 3.05) is 18.4 Å². The van der Waals surface area contributed by atoms with E-state index in [-0.39, 0.29) is 17.4 Å². The minimum absolute atomic E-state index is 0.0442. The van der Waals surface area contributed by atoms with Gasteiger partial charge >= 0.3 is 5.97 Å². The maximum atomic E-state index is 12.6. The monoisotopic (exact) mass is 342 g/mol. The zero-order chi connectivity index (χ0) is 18.0. The average Bonchev–Trinajstić information content (AvgIpc) is 3.28. The summed E-state index contributed by atoms with van der Waals surface area (Å²) in [5.74, 6) is -2.26. The Labute approximate surface area is 144 Å². The molecule has 1 aliphatic heterocycles. The van der Waals surface area contributed by atoms with Gasteiger partial charge in [0.05, 0.1) is 0 Å². The summed E-state index contributed by atoms with van der Waals surface area (Å²) < 4.78 is 4.99. The van der Waals surface area contributed by atoms with Gasteiger partial charge in [0.2, 0.25) is 5.76 Å². The highest BCUT2D eigenvalue weighted by atomic mass is 16.4. The number of carbonyl (C=O) groups is 3. The molecule has 7 nitrogen and oxygen atoms in total. The van der Waals surface area contributed by atoms with Crippen molar-refractivity contribution in [1.82, 2.24) is 4.90 Å². The van der Waals surface area contributed by atoms with Crippen LogP contribution in [0.15, 0.2) is 34.7 Å². The molecule has 1 aromatic carbocycles. The van der Waals surface area contributed by atoms with Gasteiger partial charge in [0.15, 0.2) is 5.76 Å². The molecule has 2 amide bonds. The summed E-state index contributed by atoms with van der Waals surface area (Å²) in [5.41, 5.74) is 1.70. The minimum Gasteiger partial charge on any atom is -0.475 e. The van der Waals surface area contributed by atoms with Crippen molar-refractivity contribution >= 4 is 23.5 Å². The van der Waals surface area contributed by atoms with Crippen molar-refractivity contribution < 1.29 is 23.9 Å². The van der Waals surface area contributed by atoms with Crippen molar-refractivity contribution in [2.45, 2.75) is 19.8 Å². The summed E-state index contributed by atoms with van der Waals surface area (Å²) in [7, 11) is 0. The summed E-state index contributed by atoms with van der Waals surface area (Å²) >= 11 is 0. The zero-order valence-electron chi connectivity index (χ0n) is 13.7. The number of likely N-dealkylation sites (tertiary alicyclic amines) is 1. The van der Waals surface area contributed by atoms with Gasteiger partial charge in [-0.05, 0) is 49.6 Å². The molecule has 0 saturated carbocycles. The van der Waals surface area contributed by atoms with E-state index in [1.807, 2.05) is 0 Å². The second-order valence-corrected chi connectivity index (χ2v) is 5.90. The molecule has 0 unspecified atom stereocenters. The largest absolute Gasteiger partial charge is 0.475 e. The quantitative estimate of drug-likeness (QED) is 0.890. The number of nitrogens with one attached hydrogen (secondary N) is 1. The van der Waals surface area contributed by atoms with E-state index in [2.05, 4.69) is 5.32 Å². The van der Waals surface area contributed by atoms with Gasteiger partial charge < -0.3 is 19.7 Å². The molecular formula is C18H18N2O5. The first-order valence-electron chi connectivity index (χ1n) is 8.00. The van der Waals surface area contributed by atoms with Crippen LogP contribution < -0.4 is 5.32 Å². The van der Waals surface area contributed by atoms with Gasteiger partial charge in [0.25, 0.3) is 11.8 Å². The van der Waals surface area contributed by atoms with E-state index in [0.29, 0.717) is 16.8 Å². The van der Waals surface area contributed by atoms with Gasteiger partial charge in [-0.25, -0.2) is 4.79 Å². The first-order chi connectivity index (χ1) is 12.0. The first kappa shape index (κ1) is 16.8. The molecule has 0 bridgehead atoms. The lowest BCUT2D eigenvalue weighted by Crippen LogP contribution is -2.28. The van der Waals surface area contributed by atoms with Crippen LogP contribution in [0.3, 0.4) is 0 Å². The van der Waals surface area contributed by atoms with Gasteiger partial charge in [-0.1, -0.05) is 6.07 Å². The highest BCUT2D eigenvalue weighted by Gasteiger charge is 2.22. The van der Waals surface area contributed by atoms with Crippen LogP contribution in [0.25, 0.3) is 0 Å². The number of carbonyl (C=O) groups excluding carboxylic acids is 2. The Hall–Kier alpha value is -3.09. The van der Waals surface area contributed by atoms with Crippen LogP contribution in [0.2, 0.25) is 0 Å². The predicted molar refractivity (Wildman–Crippen MR) is 89.9 cm³/mol. The van der Waals surface area contributed by atoms with Gasteiger partial charge in [-0.2, -0.15) is 0 Å². The number of rotatable bonds is 4. The van der Waals surface area contributed by atoms with E-state index in [1.165, 1.54) is 12.1 Å². The fraction of sp³-hybridized carbons (Fsp3) is 0.278. The summed E-state index contributed by atoms with van der Waals surface area (Å²) in [6.45, 7) is 3.27. The highest BCUT2D eigenvalue weighted by Crippen LogP contribution is 2.23. The first-order valence-corrected chi connectivity index (χ1v) is 8.00. The Morgan fingerprint density at radius 2 is 1.76 bits per heavy atom. The van der Waals surface area contributed by atoms with E-state index in [0.717, 1.165) is 25.9 Å². The Morgan fingerprint density at radius 1 is 1.08 bits per heavy atom. The number of carboxylic acid groups (broad SMARTS) is 1. The summed E-state index contributed by atoms with van der Waals surface area (Å²) in [6, 6.07) is 7.65. The molecular weight excluding hydrogens is 324 g/mol. The number of hydrogen-bond donors (Lipinski definition) is 2. The smallest absolute Gasteiger partial charge is 0.371 e. The van der Waals surface area contributed by atoms with Gasteiger partial charge in [0, 0.05) is 24.3 Å². The standard InChI is InChI=1S/C18H18N2O5/c1-11-12(17(22)20-9-2-3-10-20)5-4-6-13(11)19-16(21)14-7-8-15(25-14)18(23)24/h4-8H,2-3,9-10H2,1H3,(H,19,21)(H,23,24). The van der Waals surface area contributed by atoms with Crippen molar-refractivity contribution in [1.29, 1.82) is 0 Å². The molecule has 3 rings (SSSR count). The number of nitrogens with zero attached hydrogens (tertiary/aromatic N) is 1. The number of aromatic carboxylic acids is 1. The normalized spacial score (nSPS) is 13.7. The Kier molecular flexibility index (Phi) is 4.56. The van der Waals surface area contributed by atoms with Crippen LogP contribution in [0.4, 0.5) is 5.69 Å². The molecule has 0 atom stereocenters. The molecule has 7 heteroatoms. The number of carboxylic acids is 1. The van der Waals surface area contributed by atoms with Crippen LogP contribution in [0.1, 0.15) is 49.9 Å². The predicted octanol–water partition coefficient (Wildman–Crippen LogP) is 2.77. The van der Waals surface area contributed by atoms with Crippen LogP contribution in [-0.4, -0.2) is 40.9 Å². The molecule has 1 fully saturated rings. The maximum absolute atomic E-state index is 12.6. The van der Waals surface area contributed by atoms with Crippen LogP contribution >= 0.6 is 0 Å². The van der Waals surface area contributed by atoms with Crippen LogP contribution in [0.5, 0.6) is 0 Å². The number of benzene rings is 1. The summed E-state index contributed by atoms with van der Waals surface area (Å²) in [4.78, 5) is 37.5. The molecule has 1 aliphatic rings. The molecule has 130 valence electrons. The third-order valence-electron chi connectivity index (χ3n) is 4.25. The molecule has 2 N–H and O–H groups in total. The Morgan fingerprint density at radius 3 is 2.40 bits per heavy atom. The fourth-order valence-electron chi connectivity index (χ4n) is 2.85. The van der Waals surface area contributed by atoms with Gasteiger partial charge in [0.1, 0.15) is 0 Å². The second-order valence-electron chi connectivity index (χ2n) is 5.90. The van der Waals surface area contributed by atoms with Crippen LogP contribution in [0, 0.1) is 6.92 Å². The van der Waals surface area contributed by atoms with E-state index >= 15 is 0 Å². The van der Waals surface area contributed by atoms with Crippen molar-refractivity contribution in [3.8, 4) is 0 Å². The van der Waals surface area contributed by atoms with E-state index in [9.17, 15) is 14.4 Å². The Balaban J connectivity index is 1.80. The van der Waals surface area contributed by atoms with E-state index in [1.54, 1.807) is 30.0 Å². The molecule has 25 heavy (non-hydrogen) atoms. The van der Waals surface area contributed by atoms with Crippen LogP contribution in [-0.2, 0) is 0 Å². The molecule has 0 spiro atoms. The molecule has 1 aromatic heterocycles. The molecule has 0 aliphatic carbocycles. The fourth-order valence-corrected chi connectivity index (χ4v) is 2.85. The van der Waals surface area contributed by atoms with E-state index < -0.39 is 11.9 Å². The summed E-state index contributed by atoms with van der Waals surface area (Å²) in [6.07, 6.45) is 2.01.